The van der Waals surface area contributed by atoms with E-state index < -0.39 is 12.0 Å². The topological polar surface area (TPSA) is 57.6 Å². The van der Waals surface area contributed by atoms with Crippen LogP contribution in [0.3, 0.4) is 0 Å². The second-order valence-corrected chi connectivity index (χ2v) is 5.41. The van der Waals surface area contributed by atoms with Gasteiger partial charge in [-0.1, -0.05) is 35.4 Å². The Kier molecular flexibility index (Phi) is 3.93. The molecule has 106 valence electrons. The van der Waals surface area contributed by atoms with Gasteiger partial charge < -0.3 is 10.0 Å². The van der Waals surface area contributed by atoms with E-state index in [1.165, 1.54) is 4.90 Å². The van der Waals surface area contributed by atoms with Gasteiger partial charge in [0.05, 0.1) is 0 Å². The molecule has 1 aromatic carbocycles. The van der Waals surface area contributed by atoms with Gasteiger partial charge in [-0.25, -0.2) is 4.79 Å². The molecule has 1 N–H and O–H groups in total. The maximum atomic E-state index is 12.0. The number of nitrogens with zero attached hydrogens (tertiary/aromatic N) is 1. The summed E-state index contributed by atoms with van der Waals surface area (Å²) in [6.45, 7) is 7.96. The van der Waals surface area contributed by atoms with Gasteiger partial charge >= 0.3 is 5.97 Å². The van der Waals surface area contributed by atoms with E-state index in [-0.39, 0.29) is 11.8 Å². The van der Waals surface area contributed by atoms with Crippen molar-refractivity contribution in [1.29, 1.82) is 0 Å². The standard InChI is InChI=1S/C16H19NO3/c1-4-12-8-14(18)17(9-12)15(16(19)20)13-6-10(2)5-11(3)7-13/h4-7,12,15H,1,8-9H2,2-3H3,(H,19,20). The van der Waals surface area contributed by atoms with E-state index >= 15 is 0 Å². The van der Waals surface area contributed by atoms with Crippen LogP contribution in [0.4, 0.5) is 0 Å². The van der Waals surface area contributed by atoms with Gasteiger partial charge in [-0.2, -0.15) is 0 Å². The van der Waals surface area contributed by atoms with Crippen LogP contribution in [0.15, 0.2) is 30.9 Å². The van der Waals surface area contributed by atoms with E-state index in [0.717, 1.165) is 11.1 Å². The van der Waals surface area contributed by atoms with Gasteiger partial charge in [0, 0.05) is 18.9 Å². The summed E-state index contributed by atoms with van der Waals surface area (Å²) < 4.78 is 0. The zero-order valence-electron chi connectivity index (χ0n) is 11.8. The van der Waals surface area contributed by atoms with Crippen LogP contribution < -0.4 is 0 Å². The maximum Gasteiger partial charge on any atom is 0.331 e. The Morgan fingerprint density at radius 1 is 1.40 bits per heavy atom. The number of hydrogen-bond acceptors (Lipinski definition) is 2. The number of aliphatic carboxylic acids is 1. The Morgan fingerprint density at radius 3 is 2.45 bits per heavy atom. The Morgan fingerprint density at radius 2 is 2.00 bits per heavy atom. The van der Waals surface area contributed by atoms with Crippen LogP contribution >= 0.6 is 0 Å². The number of rotatable bonds is 4. The molecule has 0 aromatic heterocycles. The molecule has 20 heavy (non-hydrogen) atoms. The smallest absolute Gasteiger partial charge is 0.331 e. The molecule has 1 aliphatic heterocycles. The maximum absolute atomic E-state index is 12.0. The molecule has 1 saturated heterocycles. The molecule has 0 spiro atoms. The molecule has 1 aromatic rings. The first-order valence-corrected chi connectivity index (χ1v) is 6.65. The van der Waals surface area contributed by atoms with E-state index in [4.69, 9.17) is 0 Å². The van der Waals surface area contributed by atoms with Gasteiger partial charge in [0.2, 0.25) is 5.91 Å². The lowest BCUT2D eigenvalue weighted by atomic mass is 10.0. The number of carboxylic acids is 1. The van der Waals surface area contributed by atoms with Crippen LogP contribution in [0.5, 0.6) is 0 Å². The van der Waals surface area contributed by atoms with Crippen molar-refractivity contribution < 1.29 is 14.7 Å². The van der Waals surface area contributed by atoms with Crippen LogP contribution in [-0.2, 0) is 9.59 Å². The lowest BCUT2D eigenvalue weighted by Gasteiger charge is -2.25. The highest BCUT2D eigenvalue weighted by Crippen LogP contribution is 2.30. The summed E-state index contributed by atoms with van der Waals surface area (Å²) >= 11 is 0. The van der Waals surface area contributed by atoms with Crippen molar-refractivity contribution >= 4 is 11.9 Å². The molecule has 4 nitrogen and oxygen atoms in total. The number of carboxylic acid groups (broad SMARTS) is 1. The van der Waals surface area contributed by atoms with Crippen molar-refractivity contribution in [2.24, 2.45) is 5.92 Å². The molecule has 2 atom stereocenters. The summed E-state index contributed by atoms with van der Waals surface area (Å²) in [5.74, 6) is -1.08. The number of hydrogen-bond donors (Lipinski definition) is 1. The number of carbonyl (C=O) groups excluding carboxylic acids is 1. The zero-order valence-corrected chi connectivity index (χ0v) is 11.8. The fourth-order valence-corrected chi connectivity index (χ4v) is 2.79. The molecule has 1 fully saturated rings. The molecule has 4 heteroatoms. The predicted molar refractivity (Wildman–Crippen MR) is 76.3 cm³/mol. The quantitative estimate of drug-likeness (QED) is 0.857. The van der Waals surface area contributed by atoms with Crippen LogP contribution in [0.2, 0.25) is 0 Å². The molecule has 2 unspecified atom stereocenters. The third kappa shape index (κ3) is 2.74. The van der Waals surface area contributed by atoms with Crippen molar-refractivity contribution in [3.63, 3.8) is 0 Å². The van der Waals surface area contributed by atoms with Crippen LogP contribution in [0.25, 0.3) is 0 Å². The summed E-state index contributed by atoms with van der Waals surface area (Å²) in [4.78, 5) is 25.1. The highest BCUT2D eigenvalue weighted by atomic mass is 16.4. The molecule has 0 bridgehead atoms. The van der Waals surface area contributed by atoms with Gasteiger partial charge in [-0.3, -0.25) is 4.79 Å². The van der Waals surface area contributed by atoms with Crippen LogP contribution in [0.1, 0.15) is 29.2 Å². The minimum atomic E-state index is -0.993. The second-order valence-electron chi connectivity index (χ2n) is 5.41. The van der Waals surface area contributed by atoms with Gasteiger partial charge in [0.1, 0.15) is 0 Å². The highest BCUT2D eigenvalue weighted by Gasteiger charge is 2.37. The van der Waals surface area contributed by atoms with Crippen molar-refractivity contribution in [2.75, 3.05) is 6.54 Å². The Balaban J connectivity index is 2.39. The van der Waals surface area contributed by atoms with Crippen molar-refractivity contribution in [3.05, 3.63) is 47.5 Å². The monoisotopic (exact) mass is 273 g/mol. The SMILES string of the molecule is C=CC1CC(=O)N(C(C(=O)O)c2cc(C)cc(C)c2)C1. The molecule has 1 aliphatic rings. The minimum Gasteiger partial charge on any atom is -0.479 e. The van der Waals surface area contributed by atoms with Crippen molar-refractivity contribution in [3.8, 4) is 0 Å². The number of carbonyl (C=O) groups is 2. The third-order valence-corrected chi connectivity index (χ3v) is 3.63. The molecular weight excluding hydrogens is 254 g/mol. The molecular formula is C16H19NO3. The predicted octanol–water partition coefficient (Wildman–Crippen LogP) is 2.46. The van der Waals surface area contributed by atoms with E-state index in [0.29, 0.717) is 18.5 Å². The highest BCUT2D eigenvalue weighted by molar-refractivity contribution is 5.86. The van der Waals surface area contributed by atoms with Crippen LogP contribution in [0, 0.1) is 19.8 Å². The summed E-state index contributed by atoms with van der Waals surface area (Å²) in [6, 6.07) is 4.74. The fraction of sp³-hybridized carbons (Fsp3) is 0.375. The average Bonchev–Trinajstić information content (AvgIpc) is 2.69. The summed E-state index contributed by atoms with van der Waals surface area (Å²) in [5.41, 5.74) is 2.66. The summed E-state index contributed by atoms with van der Waals surface area (Å²) in [6.07, 6.45) is 2.07. The summed E-state index contributed by atoms with van der Waals surface area (Å²) in [7, 11) is 0. The van der Waals surface area contributed by atoms with Gasteiger partial charge in [0.25, 0.3) is 0 Å². The second kappa shape index (κ2) is 5.49. The molecule has 0 radical (unpaired) electrons. The number of aryl methyl sites for hydroxylation is 2. The number of likely N-dealkylation sites (tertiary alicyclic amines) is 1. The van der Waals surface area contributed by atoms with E-state index in [9.17, 15) is 14.7 Å². The van der Waals surface area contributed by atoms with Crippen molar-refractivity contribution in [2.45, 2.75) is 26.3 Å². The normalized spacial score (nSPS) is 20.0. The first kappa shape index (κ1) is 14.3. The van der Waals surface area contributed by atoms with E-state index in [2.05, 4.69) is 6.58 Å². The fourth-order valence-electron chi connectivity index (χ4n) is 2.79. The number of benzene rings is 1. The number of amides is 1. The molecule has 0 saturated carbocycles. The summed E-state index contributed by atoms with van der Waals surface area (Å²) in [5, 5.41) is 9.53. The Labute approximate surface area is 118 Å². The lowest BCUT2D eigenvalue weighted by molar-refractivity contribution is -0.148. The van der Waals surface area contributed by atoms with Gasteiger partial charge in [-0.15, -0.1) is 6.58 Å². The molecule has 1 heterocycles. The zero-order chi connectivity index (χ0) is 14.9. The van der Waals surface area contributed by atoms with Gasteiger partial charge in [0.15, 0.2) is 6.04 Å². The van der Waals surface area contributed by atoms with Crippen molar-refractivity contribution in [1.82, 2.24) is 4.90 Å². The molecule has 2 rings (SSSR count). The van der Waals surface area contributed by atoms with Gasteiger partial charge in [-0.05, 0) is 19.4 Å². The van der Waals surface area contributed by atoms with Crippen LogP contribution in [-0.4, -0.2) is 28.4 Å². The first-order valence-electron chi connectivity index (χ1n) is 6.65. The Bertz CT molecular complexity index is 545. The Hall–Kier alpha value is -2.10. The van der Waals surface area contributed by atoms with E-state index in [1.54, 1.807) is 6.08 Å². The van der Waals surface area contributed by atoms with E-state index in [1.807, 2.05) is 32.0 Å². The largest absolute Gasteiger partial charge is 0.479 e. The lowest BCUT2D eigenvalue weighted by Crippen LogP contribution is -2.35. The average molecular weight is 273 g/mol. The first-order chi connectivity index (χ1) is 9.42. The molecule has 0 aliphatic carbocycles. The molecule has 1 amide bonds. The third-order valence-electron chi connectivity index (χ3n) is 3.63. The minimum absolute atomic E-state index is 0.0373.